The number of benzene rings is 2. The molecule has 4 rings (SSSR count). The van der Waals surface area contributed by atoms with E-state index in [-0.39, 0.29) is 27.8 Å². The number of aryl methyl sites for hydroxylation is 1. The summed E-state index contributed by atoms with van der Waals surface area (Å²) in [4.78, 5) is 18.2. The number of carbonyl (C=O) groups is 1. The second-order valence-corrected chi connectivity index (χ2v) is 7.21. The van der Waals surface area contributed by atoms with Crippen LogP contribution >= 0.6 is 0 Å². The number of fused-ring (bicyclic) bond motifs is 2. The molecule has 8 nitrogen and oxygen atoms in total. The van der Waals surface area contributed by atoms with Crippen LogP contribution in [-0.2, 0) is 15.1 Å². The number of aliphatic carboxylic acids is 1. The van der Waals surface area contributed by atoms with Crippen molar-refractivity contribution in [3.8, 4) is 11.8 Å². The standard InChI is InChI=1S/C22H16F3N3O5/c1-11-7-16(31-2)18(13-5-6-27-19(11)13)21(22(23,24)25,32-10-17(29)30)20-28-14-8-12(9-26)3-4-15(14)33-20/h3-8,27H,10H2,1-2H3,(H,29,30). The first-order valence-electron chi connectivity index (χ1n) is 9.51. The van der Waals surface area contributed by atoms with Crippen molar-refractivity contribution in [1.82, 2.24) is 9.97 Å². The Kier molecular flexibility index (Phi) is 5.26. The molecule has 0 fully saturated rings. The minimum atomic E-state index is -5.23. The van der Waals surface area contributed by atoms with E-state index in [0.717, 1.165) is 0 Å². The van der Waals surface area contributed by atoms with Crippen molar-refractivity contribution < 1.29 is 37.0 Å². The molecule has 33 heavy (non-hydrogen) atoms. The van der Waals surface area contributed by atoms with Gasteiger partial charge in [-0.25, -0.2) is 9.78 Å². The van der Waals surface area contributed by atoms with Gasteiger partial charge >= 0.3 is 12.1 Å². The minimum Gasteiger partial charge on any atom is -0.496 e. The topological polar surface area (TPSA) is 121 Å². The number of nitrogens with zero attached hydrogens (tertiary/aromatic N) is 2. The van der Waals surface area contributed by atoms with Crippen molar-refractivity contribution in [2.24, 2.45) is 0 Å². The van der Waals surface area contributed by atoms with E-state index in [0.29, 0.717) is 11.1 Å². The molecule has 2 heterocycles. The van der Waals surface area contributed by atoms with Gasteiger partial charge in [-0.15, -0.1) is 0 Å². The average Bonchev–Trinajstić information content (AvgIpc) is 3.41. The van der Waals surface area contributed by atoms with Gasteiger partial charge in [-0.1, -0.05) is 0 Å². The van der Waals surface area contributed by atoms with Crippen LogP contribution in [0.4, 0.5) is 13.2 Å². The van der Waals surface area contributed by atoms with Crippen LogP contribution in [0, 0.1) is 18.3 Å². The fourth-order valence-corrected chi connectivity index (χ4v) is 3.81. The lowest BCUT2D eigenvalue weighted by Gasteiger charge is -2.34. The van der Waals surface area contributed by atoms with E-state index in [1.54, 1.807) is 6.92 Å². The number of methoxy groups -OCH3 is 1. The maximum atomic E-state index is 15.0. The highest BCUT2D eigenvalue weighted by atomic mass is 19.4. The molecule has 2 aromatic heterocycles. The molecular weight excluding hydrogens is 443 g/mol. The molecule has 0 radical (unpaired) electrons. The van der Waals surface area contributed by atoms with Crippen molar-refractivity contribution in [3.63, 3.8) is 0 Å². The molecule has 1 unspecified atom stereocenters. The van der Waals surface area contributed by atoms with Gasteiger partial charge in [0.05, 0.1) is 24.3 Å². The van der Waals surface area contributed by atoms with Gasteiger partial charge in [-0.3, -0.25) is 0 Å². The van der Waals surface area contributed by atoms with Gasteiger partial charge in [-0.05, 0) is 42.8 Å². The van der Waals surface area contributed by atoms with Crippen LogP contribution < -0.4 is 4.74 Å². The van der Waals surface area contributed by atoms with E-state index < -0.39 is 35.8 Å². The van der Waals surface area contributed by atoms with Crippen LogP contribution in [0.3, 0.4) is 0 Å². The third-order valence-electron chi connectivity index (χ3n) is 5.21. The third kappa shape index (κ3) is 3.44. The largest absolute Gasteiger partial charge is 0.496 e. The summed E-state index contributed by atoms with van der Waals surface area (Å²) in [5.74, 6) is -2.75. The number of aromatic amines is 1. The summed E-state index contributed by atoms with van der Waals surface area (Å²) in [6.45, 7) is 0.381. The zero-order chi connectivity index (χ0) is 24.0. The molecule has 170 valence electrons. The molecule has 0 aliphatic carbocycles. The summed E-state index contributed by atoms with van der Waals surface area (Å²) >= 11 is 0. The summed E-state index contributed by atoms with van der Waals surface area (Å²) < 4.78 is 60.9. The highest BCUT2D eigenvalue weighted by molar-refractivity contribution is 5.90. The zero-order valence-corrected chi connectivity index (χ0v) is 17.3. The molecule has 0 saturated heterocycles. The number of ether oxygens (including phenoxy) is 2. The van der Waals surface area contributed by atoms with Gasteiger partial charge in [-0.2, -0.15) is 18.4 Å². The zero-order valence-electron chi connectivity index (χ0n) is 17.3. The van der Waals surface area contributed by atoms with Gasteiger partial charge in [0.2, 0.25) is 5.89 Å². The maximum Gasteiger partial charge on any atom is 0.431 e. The summed E-state index contributed by atoms with van der Waals surface area (Å²) in [6, 6.07) is 8.60. The number of carboxylic acids is 1. The molecule has 4 aromatic rings. The van der Waals surface area contributed by atoms with Crippen molar-refractivity contribution in [3.05, 3.63) is 59.1 Å². The summed E-state index contributed by atoms with van der Waals surface area (Å²) in [6.07, 6.45) is -3.78. The fourth-order valence-electron chi connectivity index (χ4n) is 3.81. The van der Waals surface area contributed by atoms with E-state index in [4.69, 9.17) is 19.2 Å². The molecule has 11 heteroatoms. The van der Waals surface area contributed by atoms with E-state index in [1.165, 1.54) is 43.6 Å². The van der Waals surface area contributed by atoms with Crippen LogP contribution in [0.2, 0.25) is 0 Å². The Morgan fingerprint density at radius 1 is 1.30 bits per heavy atom. The van der Waals surface area contributed by atoms with Crippen LogP contribution in [0.1, 0.15) is 22.6 Å². The highest BCUT2D eigenvalue weighted by Crippen LogP contribution is 2.53. The SMILES string of the molecule is COc1cc(C)c2[nH]ccc2c1C(OCC(=O)O)(c1nc2cc(C#N)ccc2o1)C(F)(F)F. The normalized spacial score (nSPS) is 13.7. The lowest BCUT2D eigenvalue weighted by atomic mass is 9.87. The second-order valence-electron chi connectivity index (χ2n) is 7.21. The number of rotatable bonds is 6. The molecule has 0 saturated carbocycles. The number of hydrogen-bond acceptors (Lipinski definition) is 6. The van der Waals surface area contributed by atoms with Crippen molar-refractivity contribution in [2.75, 3.05) is 13.7 Å². The first-order chi connectivity index (χ1) is 15.6. The van der Waals surface area contributed by atoms with Crippen molar-refractivity contribution in [1.29, 1.82) is 5.26 Å². The minimum absolute atomic E-state index is 0.0204. The Balaban J connectivity index is 2.14. The lowest BCUT2D eigenvalue weighted by Crippen LogP contribution is -2.47. The third-order valence-corrected chi connectivity index (χ3v) is 5.21. The van der Waals surface area contributed by atoms with Crippen LogP contribution in [0.25, 0.3) is 22.0 Å². The number of alkyl halides is 3. The van der Waals surface area contributed by atoms with Gasteiger partial charge in [0.25, 0.3) is 5.60 Å². The molecule has 0 aliphatic rings. The number of hydrogen-bond donors (Lipinski definition) is 2. The van der Waals surface area contributed by atoms with Gasteiger partial charge in [0.15, 0.2) is 5.58 Å². The van der Waals surface area contributed by atoms with Crippen molar-refractivity contribution >= 4 is 28.0 Å². The Morgan fingerprint density at radius 3 is 2.70 bits per heavy atom. The Labute approximate surface area is 184 Å². The maximum absolute atomic E-state index is 15.0. The second kappa shape index (κ2) is 7.83. The number of aromatic nitrogens is 2. The van der Waals surface area contributed by atoms with Gasteiger partial charge in [0, 0.05) is 17.1 Å². The number of nitrogens with one attached hydrogen (secondary N) is 1. The van der Waals surface area contributed by atoms with Crippen LogP contribution in [0.15, 0.2) is 40.9 Å². The van der Waals surface area contributed by atoms with Gasteiger partial charge in [0.1, 0.15) is 17.9 Å². The van der Waals surface area contributed by atoms with E-state index in [9.17, 15) is 23.1 Å². The summed E-state index contributed by atoms with van der Waals surface area (Å²) in [5, 5.41) is 18.4. The number of carboxylic acid groups (broad SMARTS) is 1. The first kappa shape index (κ1) is 22.2. The molecule has 0 amide bonds. The molecule has 0 bridgehead atoms. The van der Waals surface area contributed by atoms with Crippen LogP contribution in [-0.4, -0.2) is 40.9 Å². The molecule has 0 aliphatic heterocycles. The lowest BCUT2D eigenvalue weighted by molar-refractivity contribution is -0.273. The fraction of sp³-hybridized carbons (Fsp3) is 0.227. The van der Waals surface area contributed by atoms with E-state index in [2.05, 4.69) is 9.97 Å². The van der Waals surface area contributed by atoms with Crippen molar-refractivity contribution in [2.45, 2.75) is 18.7 Å². The smallest absolute Gasteiger partial charge is 0.431 e. The Hall–Kier alpha value is -4.04. The predicted molar refractivity (Wildman–Crippen MR) is 109 cm³/mol. The molecular formula is C22H16F3N3O5. The number of oxazole rings is 1. The molecule has 1 atom stereocenters. The number of nitriles is 1. The average molecular weight is 459 g/mol. The van der Waals surface area contributed by atoms with Gasteiger partial charge < -0.3 is 24.0 Å². The van der Waals surface area contributed by atoms with E-state index >= 15 is 0 Å². The molecule has 2 aromatic carbocycles. The monoisotopic (exact) mass is 459 g/mol. The van der Waals surface area contributed by atoms with Crippen LogP contribution in [0.5, 0.6) is 5.75 Å². The molecule has 0 spiro atoms. The Morgan fingerprint density at radius 2 is 2.06 bits per heavy atom. The molecule has 2 N–H and O–H groups in total. The highest BCUT2D eigenvalue weighted by Gasteiger charge is 2.64. The predicted octanol–water partition coefficient (Wildman–Crippen LogP) is 4.40. The number of halogens is 3. The first-order valence-corrected chi connectivity index (χ1v) is 9.51. The summed E-state index contributed by atoms with van der Waals surface area (Å²) in [7, 11) is 1.19. The Bertz CT molecular complexity index is 1420. The quantitative estimate of drug-likeness (QED) is 0.438. The number of H-pyrrole nitrogens is 1. The summed E-state index contributed by atoms with van der Waals surface area (Å²) in [5.41, 5.74) is -2.86. The van der Waals surface area contributed by atoms with E-state index in [1.807, 2.05) is 6.07 Å².